The van der Waals surface area contributed by atoms with Crippen molar-refractivity contribution in [2.45, 2.75) is 53.3 Å². The van der Waals surface area contributed by atoms with E-state index < -0.39 is 8.07 Å². The maximum Gasteiger partial charge on any atom is 0.155 e. The number of ketones is 1. The van der Waals surface area contributed by atoms with E-state index >= 15 is 0 Å². The molecule has 3 aromatic carbocycles. The largest absolute Gasteiger partial charge is 0.512 e. The second-order valence-corrected chi connectivity index (χ2v) is 15.8. The van der Waals surface area contributed by atoms with Crippen LogP contribution in [0.5, 0.6) is 0 Å². The first kappa shape index (κ1) is 29.5. The van der Waals surface area contributed by atoms with Crippen molar-refractivity contribution in [3.63, 3.8) is 0 Å². The fourth-order valence-corrected chi connectivity index (χ4v) is 6.13. The van der Waals surface area contributed by atoms with Crippen molar-refractivity contribution >= 4 is 51.8 Å². The molecule has 6 heteroatoms. The van der Waals surface area contributed by atoms with Crippen molar-refractivity contribution < 1.29 is 34.4 Å². The molecule has 0 fully saturated rings. The first-order valence-electron chi connectivity index (χ1n) is 12.6. The molecule has 2 aromatic heterocycles. The number of furan rings is 1. The van der Waals surface area contributed by atoms with Gasteiger partial charge >= 0.3 is 0 Å². The monoisotopic (exact) mass is 701 g/mol. The van der Waals surface area contributed by atoms with E-state index in [1.165, 1.54) is 41.4 Å². The molecular formula is C32H34IrNO3Si-. The van der Waals surface area contributed by atoms with Gasteiger partial charge < -0.3 is 9.52 Å². The van der Waals surface area contributed by atoms with Crippen LogP contribution in [-0.4, -0.2) is 23.9 Å². The molecule has 2 heterocycles. The number of carbonyl (C=O) groups excluding carboxylic acids is 1. The molecule has 4 nitrogen and oxygen atoms in total. The third-order valence-electron chi connectivity index (χ3n) is 6.32. The molecule has 0 atom stereocenters. The van der Waals surface area contributed by atoms with Gasteiger partial charge in [-0.2, -0.15) is 0 Å². The van der Waals surface area contributed by atoms with Crippen LogP contribution in [0.2, 0.25) is 19.6 Å². The van der Waals surface area contributed by atoms with Gasteiger partial charge in [-0.1, -0.05) is 80.8 Å². The SMILES string of the molecule is CC(=O)/C=C(/C)O.CC(C)c1cc(-c2nccc3c2oc2c([Si](C)(C)C)cccc23)[c-]c2ccccc12.[Ir]. The Kier molecular flexibility index (Phi) is 9.14. The number of hydrogen-bond donors (Lipinski definition) is 1. The number of allylic oxidation sites excluding steroid dienone is 2. The quantitative estimate of drug-likeness (QED) is 0.0887. The van der Waals surface area contributed by atoms with E-state index in [2.05, 4.69) is 94.2 Å². The van der Waals surface area contributed by atoms with Crippen molar-refractivity contribution in [1.29, 1.82) is 0 Å². The van der Waals surface area contributed by atoms with E-state index in [-0.39, 0.29) is 31.6 Å². The number of aliphatic hydroxyl groups excluding tert-OH is 1. The number of rotatable bonds is 4. The summed E-state index contributed by atoms with van der Waals surface area (Å²) in [4.78, 5) is 14.8. The molecule has 199 valence electrons. The van der Waals surface area contributed by atoms with Crippen molar-refractivity contribution in [2.24, 2.45) is 0 Å². The fraction of sp³-hybridized carbons (Fsp3) is 0.250. The molecule has 5 aromatic rings. The average molecular weight is 701 g/mol. The van der Waals surface area contributed by atoms with Gasteiger partial charge in [0.05, 0.1) is 13.8 Å². The summed E-state index contributed by atoms with van der Waals surface area (Å²) in [5, 5.41) is 14.4. The minimum absolute atomic E-state index is 0. The molecular weight excluding hydrogens is 667 g/mol. The van der Waals surface area contributed by atoms with Gasteiger partial charge in [-0.15, -0.1) is 29.1 Å². The Morgan fingerprint density at radius 1 is 0.974 bits per heavy atom. The summed E-state index contributed by atoms with van der Waals surface area (Å²) >= 11 is 0. The van der Waals surface area contributed by atoms with Crippen LogP contribution in [0, 0.1) is 6.07 Å². The van der Waals surface area contributed by atoms with E-state index in [4.69, 9.17) is 14.5 Å². The van der Waals surface area contributed by atoms with Crippen LogP contribution in [0.1, 0.15) is 39.2 Å². The summed E-state index contributed by atoms with van der Waals surface area (Å²) in [7, 11) is -1.54. The van der Waals surface area contributed by atoms with E-state index in [1.54, 1.807) is 0 Å². The van der Waals surface area contributed by atoms with E-state index in [9.17, 15) is 4.79 Å². The molecule has 1 radical (unpaired) electrons. The Balaban J connectivity index is 0.000000444. The number of pyridine rings is 1. The Bertz CT molecular complexity index is 1640. The Morgan fingerprint density at radius 2 is 1.63 bits per heavy atom. The minimum Gasteiger partial charge on any atom is -0.512 e. The number of para-hydroxylation sites is 1. The van der Waals surface area contributed by atoms with Crippen LogP contribution >= 0.6 is 0 Å². The van der Waals surface area contributed by atoms with Gasteiger partial charge in [-0.05, 0) is 31.0 Å². The predicted molar refractivity (Wildman–Crippen MR) is 157 cm³/mol. The van der Waals surface area contributed by atoms with Gasteiger partial charge in [0.1, 0.15) is 11.2 Å². The minimum atomic E-state index is -1.54. The Hall–Kier alpha value is -3.05. The molecule has 0 amide bonds. The van der Waals surface area contributed by atoms with E-state index in [0.717, 1.165) is 33.2 Å². The molecule has 1 N–H and O–H groups in total. The molecule has 0 unspecified atom stereocenters. The molecule has 0 aliphatic heterocycles. The van der Waals surface area contributed by atoms with Gasteiger partial charge in [-0.25, -0.2) is 0 Å². The van der Waals surface area contributed by atoms with Crippen LogP contribution in [0.25, 0.3) is 44.0 Å². The molecule has 0 saturated carbocycles. The maximum atomic E-state index is 10.0. The van der Waals surface area contributed by atoms with Crippen LogP contribution in [-0.2, 0) is 24.9 Å². The fourth-order valence-electron chi connectivity index (χ4n) is 4.66. The standard InChI is InChI=1S/C27H26NOSi.C5H8O2.Ir/c1-17(2)23-16-19(15-18-9-6-7-10-20(18)23)25-27-22(13-14-28-25)21-11-8-12-24(26(21)29-27)30(3,4)5;1-4(6)3-5(2)7;/h6-14,16-17H,1-5H3;3,6H,1-2H3;/q-1;;/b;4-3-;. The summed E-state index contributed by atoms with van der Waals surface area (Å²) < 4.78 is 6.56. The topological polar surface area (TPSA) is 63.3 Å². The van der Waals surface area contributed by atoms with Gasteiger partial charge in [-0.3, -0.25) is 9.78 Å². The summed E-state index contributed by atoms with van der Waals surface area (Å²) in [5.74, 6) is 0.351. The number of hydrogen-bond acceptors (Lipinski definition) is 4. The van der Waals surface area contributed by atoms with Crippen molar-refractivity contribution in [3.05, 3.63) is 84.3 Å². The maximum absolute atomic E-state index is 10.0. The molecule has 5 rings (SSSR count). The number of carbonyl (C=O) groups is 1. The third-order valence-corrected chi connectivity index (χ3v) is 8.33. The molecule has 0 aliphatic rings. The van der Waals surface area contributed by atoms with Crippen LogP contribution < -0.4 is 5.19 Å². The van der Waals surface area contributed by atoms with Gasteiger partial charge in [0.25, 0.3) is 0 Å². The summed E-state index contributed by atoms with van der Waals surface area (Å²) in [5.41, 5.74) is 5.07. The van der Waals surface area contributed by atoms with E-state index in [1.807, 2.05) is 6.20 Å². The predicted octanol–water partition coefficient (Wildman–Crippen LogP) is 8.30. The van der Waals surface area contributed by atoms with Crippen LogP contribution in [0.4, 0.5) is 0 Å². The zero-order valence-corrected chi connectivity index (χ0v) is 26.4. The zero-order valence-electron chi connectivity index (χ0n) is 23.0. The van der Waals surface area contributed by atoms with Crippen molar-refractivity contribution in [1.82, 2.24) is 4.98 Å². The number of aromatic nitrogens is 1. The summed E-state index contributed by atoms with van der Waals surface area (Å²) in [6, 6.07) is 22.9. The molecule has 0 saturated heterocycles. The number of aliphatic hydroxyl groups is 1. The molecule has 0 bridgehead atoms. The summed E-state index contributed by atoms with van der Waals surface area (Å²) in [6.07, 6.45) is 3.06. The first-order chi connectivity index (χ1) is 17.5. The first-order valence-corrected chi connectivity index (χ1v) is 16.1. The normalized spacial score (nSPS) is 11.9. The third kappa shape index (κ3) is 6.15. The molecule has 38 heavy (non-hydrogen) atoms. The second-order valence-electron chi connectivity index (χ2n) is 10.8. The number of benzene rings is 3. The van der Waals surface area contributed by atoms with Crippen molar-refractivity contribution in [3.8, 4) is 11.3 Å². The molecule has 0 spiro atoms. The zero-order chi connectivity index (χ0) is 26.9. The van der Waals surface area contributed by atoms with Gasteiger partial charge in [0, 0.05) is 48.8 Å². The van der Waals surface area contributed by atoms with Crippen LogP contribution in [0.3, 0.4) is 0 Å². The van der Waals surface area contributed by atoms with Gasteiger partial charge in [0.15, 0.2) is 5.78 Å². The van der Waals surface area contributed by atoms with Crippen molar-refractivity contribution in [2.75, 3.05) is 0 Å². The van der Waals surface area contributed by atoms with E-state index in [0.29, 0.717) is 5.92 Å². The smallest absolute Gasteiger partial charge is 0.155 e. The number of nitrogens with zero attached hydrogens (tertiary/aromatic N) is 1. The Morgan fingerprint density at radius 3 is 2.24 bits per heavy atom. The molecule has 0 aliphatic carbocycles. The van der Waals surface area contributed by atoms with Gasteiger partial charge in [0.2, 0.25) is 0 Å². The number of fused-ring (bicyclic) bond motifs is 4. The Labute approximate surface area is 239 Å². The summed E-state index contributed by atoms with van der Waals surface area (Å²) in [6.45, 7) is 14.4. The average Bonchev–Trinajstić information content (AvgIpc) is 3.21. The second kappa shape index (κ2) is 11.8. The van der Waals surface area contributed by atoms with Crippen LogP contribution in [0.15, 0.2) is 77.0 Å².